The smallest absolute Gasteiger partial charge is 0.337 e. The molecular formula is C74H127N11O15S. The van der Waals surface area contributed by atoms with Gasteiger partial charge in [-0.15, -0.1) is 0 Å². The van der Waals surface area contributed by atoms with E-state index in [9.17, 15) is 39.0 Å². The fourth-order valence-corrected chi connectivity index (χ4v) is 13.9. The van der Waals surface area contributed by atoms with Crippen LogP contribution in [0.25, 0.3) is 0 Å². The third-order valence-electron chi connectivity index (χ3n) is 19.1. The highest BCUT2D eigenvalue weighted by molar-refractivity contribution is 7.99. The molecule has 1 saturated heterocycles. The van der Waals surface area contributed by atoms with E-state index in [1.165, 1.54) is 111 Å². The van der Waals surface area contributed by atoms with Crippen LogP contribution in [0.15, 0.2) is 24.3 Å². The van der Waals surface area contributed by atoms with Gasteiger partial charge in [0.25, 0.3) is 0 Å². The molecule has 0 unspecified atom stereocenters. The number of hydrogen-bond donors (Lipinski definition) is 6. The predicted octanol–water partition coefficient (Wildman–Crippen LogP) is 4.99. The van der Waals surface area contributed by atoms with Crippen LogP contribution in [-0.4, -0.2) is 263 Å². The number of benzene rings is 1. The summed E-state index contributed by atoms with van der Waals surface area (Å²) >= 11 is 1.34. The van der Waals surface area contributed by atoms with Gasteiger partial charge in [-0.25, -0.2) is 4.79 Å². The lowest BCUT2D eigenvalue weighted by molar-refractivity contribution is -0.157. The number of carbonyl (C=O) groups is 12. The van der Waals surface area contributed by atoms with Crippen molar-refractivity contribution in [2.24, 2.45) is 41.4 Å². The maximum atomic E-state index is 15.6. The monoisotopic (exact) mass is 1440 g/mol. The second-order valence-electron chi connectivity index (χ2n) is 30.1. The number of methoxy groups -OCH3 is 1. The van der Waals surface area contributed by atoms with Crippen LogP contribution in [-0.2, 0) is 63.9 Å². The molecule has 1 fully saturated rings. The second-order valence-corrected chi connectivity index (χ2v) is 31.2. The van der Waals surface area contributed by atoms with Crippen LogP contribution in [0.2, 0.25) is 0 Å². The Balaban J connectivity index is 3.13. The molecule has 0 bridgehead atoms. The van der Waals surface area contributed by atoms with Gasteiger partial charge in [-0.1, -0.05) is 109 Å². The molecule has 13 atom stereocenters. The molecule has 101 heavy (non-hydrogen) atoms. The highest BCUT2D eigenvalue weighted by Crippen LogP contribution is 2.27. The molecule has 27 heteroatoms. The summed E-state index contributed by atoms with van der Waals surface area (Å²) in [5, 5.41) is 33.4. The molecule has 11 amide bonds. The fraction of sp³-hybridized carbons (Fsp3) is 0.757. The first-order valence-electron chi connectivity index (χ1n) is 36.2. The average molecular weight is 1440 g/mol. The van der Waals surface area contributed by atoms with Gasteiger partial charge in [-0.3, -0.25) is 52.7 Å². The van der Waals surface area contributed by atoms with Crippen LogP contribution >= 0.6 is 11.8 Å². The summed E-state index contributed by atoms with van der Waals surface area (Å²) < 4.78 is 4.93. The highest BCUT2D eigenvalue weighted by Gasteiger charge is 2.46. The van der Waals surface area contributed by atoms with Crippen molar-refractivity contribution in [3.05, 3.63) is 35.4 Å². The quantitative estimate of drug-likeness (QED) is 0.0587. The Morgan fingerprint density at radius 1 is 0.505 bits per heavy atom. The summed E-state index contributed by atoms with van der Waals surface area (Å²) in [7, 11) is 11.2. The Labute approximate surface area is 607 Å². The van der Waals surface area contributed by atoms with Crippen molar-refractivity contribution in [1.82, 2.24) is 55.6 Å². The number of esters is 1. The number of nitrogens with one attached hydrogen (secondary N) is 4. The summed E-state index contributed by atoms with van der Waals surface area (Å²) in [6.45, 7) is 27.9. The van der Waals surface area contributed by atoms with Gasteiger partial charge >= 0.3 is 5.97 Å². The molecule has 1 aromatic carbocycles. The molecule has 1 aromatic rings. The van der Waals surface area contributed by atoms with Crippen LogP contribution in [0.3, 0.4) is 0 Å². The van der Waals surface area contributed by atoms with Crippen LogP contribution in [0.1, 0.15) is 184 Å². The first-order valence-corrected chi connectivity index (χ1v) is 37.3. The van der Waals surface area contributed by atoms with Gasteiger partial charge < -0.3 is 70.5 Å². The summed E-state index contributed by atoms with van der Waals surface area (Å²) in [4.78, 5) is 186. The predicted molar refractivity (Wildman–Crippen MR) is 392 cm³/mol. The lowest BCUT2D eigenvalue weighted by atomic mass is 9.89. The van der Waals surface area contributed by atoms with Gasteiger partial charge in [-0.05, 0) is 143 Å². The van der Waals surface area contributed by atoms with Gasteiger partial charge in [0.15, 0.2) is 0 Å². The summed E-state index contributed by atoms with van der Waals surface area (Å²) in [6, 6.07) is -7.30. The number of hydrogen-bond acceptors (Lipinski definition) is 16. The zero-order valence-electron chi connectivity index (χ0n) is 65.2. The number of aryl methyl sites for hydroxylation is 1. The lowest BCUT2D eigenvalue weighted by Crippen LogP contribution is -2.64. The molecule has 26 nitrogen and oxygen atoms in total. The number of carbonyl (C=O) groups excluding carboxylic acids is 12. The largest absolute Gasteiger partial charge is 0.465 e. The number of rotatable bonds is 24. The van der Waals surface area contributed by atoms with Gasteiger partial charge in [0.1, 0.15) is 66.5 Å². The summed E-state index contributed by atoms with van der Waals surface area (Å²) in [5.41, 5.74) is 1.16. The Morgan fingerprint density at radius 2 is 0.960 bits per heavy atom. The number of nitrogens with zero attached hydrogens (tertiary/aromatic N) is 7. The number of aliphatic hydroxyl groups is 2. The Kier molecular flexibility index (Phi) is 38.1. The second kappa shape index (κ2) is 42.7. The van der Waals surface area contributed by atoms with Crippen LogP contribution in [0, 0.1) is 41.4 Å². The molecule has 0 spiro atoms. The molecule has 0 radical (unpaired) electrons. The topological polar surface area (TPSA) is 325 Å². The van der Waals surface area contributed by atoms with Crippen molar-refractivity contribution >= 4 is 82.7 Å². The van der Waals surface area contributed by atoms with Gasteiger partial charge in [0, 0.05) is 61.7 Å². The first-order chi connectivity index (χ1) is 47.0. The first kappa shape index (κ1) is 90.2. The fourth-order valence-electron chi connectivity index (χ4n) is 12.8. The minimum atomic E-state index is -1.72. The SMILES string of the molecule is CC[C@H]1NC(=O)[C@H]([C@H](O)[C@H](C)CCCc2cccc(C(=O)OC)c2)N(C)C(=O)[C@@H](C(C)C)N(C)C(=O)[C@@H](CC(C)C)N(C)C(=O)[C@H](CC(C)C)N(C)C(=O)[C@H](C)NC(=O)[C@@H](C)NC(=O)[C@@H](CC(C)C)N(C)C(=O)[C@@H](C(C)C)NC(=O)[C@H](CC(C)C)N(C)C(=O)[C@@H](CSCCCCO)N(C)C1=O. The van der Waals surface area contributed by atoms with E-state index in [0.717, 1.165) is 10.5 Å². The minimum Gasteiger partial charge on any atom is -0.465 e. The van der Waals surface area contributed by atoms with Crippen LogP contribution in [0.4, 0.5) is 0 Å². The van der Waals surface area contributed by atoms with E-state index in [-0.39, 0.29) is 68.1 Å². The Hall–Kier alpha value is -6.87. The maximum Gasteiger partial charge on any atom is 0.337 e. The molecule has 0 saturated carbocycles. The minimum absolute atomic E-state index is 0.00925. The van der Waals surface area contributed by atoms with E-state index in [2.05, 4.69) is 21.3 Å². The van der Waals surface area contributed by atoms with Crippen LogP contribution in [0.5, 0.6) is 0 Å². The van der Waals surface area contributed by atoms with Gasteiger partial charge in [-0.2, -0.15) is 11.8 Å². The van der Waals surface area contributed by atoms with Crippen molar-refractivity contribution in [2.45, 2.75) is 248 Å². The molecule has 6 N–H and O–H groups in total. The Bertz CT molecular complexity index is 2930. The molecule has 0 aliphatic carbocycles. The number of unbranched alkanes of at least 4 members (excludes halogenated alkanes) is 1. The highest BCUT2D eigenvalue weighted by atomic mass is 32.2. The van der Waals surface area contributed by atoms with Gasteiger partial charge in [0.05, 0.1) is 18.8 Å². The lowest BCUT2D eigenvalue weighted by Gasteiger charge is -2.41. The number of amides is 11. The number of ether oxygens (including phenoxy) is 1. The molecule has 1 aliphatic rings. The zero-order chi connectivity index (χ0) is 77.4. The van der Waals surface area contributed by atoms with E-state index >= 15 is 28.8 Å². The van der Waals surface area contributed by atoms with Crippen molar-refractivity contribution in [3.63, 3.8) is 0 Å². The third kappa shape index (κ3) is 26.1. The van der Waals surface area contributed by atoms with Crippen molar-refractivity contribution in [3.8, 4) is 0 Å². The summed E-state index contributed by atoms with van der Waals surface area (Å²) in [5.74, 6) is -10.4. The molecule has 574 valence electrons. The van der Waals surface area contributed by atoms with Crippen molar-refractivity contribution in [2.75, 3.05) is 74.6 Å². The average Bonchev–Trinajstić information content (AvgIpc) is 0.821. The van der Waals surface area contributed by atoms with E-state index in [1.54, 1.807) is 59.7 Å². The molecule has 1 aliphatic heterocycles. The van der Waals surface area contributed by atoms with E-state index < -0.39 is 161 Å². The molecule has 2 rings (SSSR count). The number of aliphatic hydroxyl groups excluding tert-OH is 2. The van der Waals surface area contributed by atoms with Gasteiger partial charge in [0.2, 0.25) is 65.0 Å². The molecular weight excluding hydrogens is 1310 g/mol. The number of thioether (sulfide) groups is 1. The standard InChI is InChI=1S/C74H127N11O15S/c1-25-53-68(93)83(21)58(41-101-35-27-26-34-86)71(96)79(17)55(37-43(4)5)65(90)78-59(46(10)11)72(97)80(18)54(36-42(2)3)64(89)75-49(15)63(88)76-50(16)67(92)81(19)56(38-44(6)7)69(94)82(20)57(39-45(8)9)70(95)84(22)60(47(12)13)73(98)85(23)61(66(91)77-53)62(87)48(14)30-28-31-51-32-29-33-52(40-51)74(99)100-24/h29,32-33,40,42-50,53-62,86-87H,25-28,30-31,34-39,41H2,1-24H3,(H,75,89)(H,76,88)(H,77,91)(H,78,90)/t48-,49-,50+,53-,54-,55+,56+,57-,58-,59-,60-,61+,62-/m1/s1. The molecule has 1 heterocycles. The molecule has 0 aromatic heterocycles. The van der Waals surface area contributed by atoms with Crippen LogP contribution < -0.4 is 21.3 Å². The summed E-state index contributed by atoms with van der Waals surface area (Å²) in [6.07, 6.45) is 1.08. The van der Waals surface area contributed by atoms with Crippen molar-refractivity contribution in [1.29, 1.82) is 0 Å². The van der Waals surface area contributed by atoms with Crippen molar-refractivity contribution < 1.29 is 72.5 Å². The Morgan fingerprint density at radius 3 is 1.46 bits per heavy atom. The van der Waals surface area contributed by atoms with E-state index in [1.807, 2.05) is 61.5 Å². The number of likely N-dealkylation sites (N-methyl/N-ethyl adjacent to an activating group) is 7. The van der Waals surface area contributed by atoms with E-state index in [4.69, 9.17) is 4.74 Å². The normalized spacial score (nSPS) is 25.1. The third-order valence-corrected chi connectivity index (χ3v) is 20.2. The maximum absolute atomic E-state index is 15.6. The zero-order valence-corrected chi connectivity index (χ0v) is 66.0. The van der Waals surface area contributed by atoms with E-state index in [0.29, 0.717) is 43.4 Å².